The first-order chi connectivity index (χ1) is 11.8. The molecule has 5 nitrogen and oxygen atoms in total. The van der Waals surface area contributed by atoms with E-state index >= 15 is 0 Å². The van der Waals surface area contributed by atoms with E-state index in [9.17, 15) is 0 Å². The molecule has 1 unspecified atom stereocenters. The summed E-state index contributed by atoms with van der Waals surface area (Å²) in [5.74, 6) is 2.60. The van der Waals surface area contributed by atoms with Gasteiger partial charge in [-0.25, -0.2) is 9.97 Å². The molecule has 1 aliphatic heterocycles. The Morgan fingerprint density at radius 2 is 2.08 bits per heavy atom. The molecule has 1 atom stereocenters. The Bertz CT molecular complexity index is 698. The summed E-state index contributed by atoms with van der Waals surface area (Å²) in [6, 6.07) is 8.75. The van der Waals surface area contributed by atoms with Gasteiger partial charge < -0.3 is 10.2 Å². The summed E-state index contributed by atoms with van der Waals surface area (Å²) in [5.41, 5.74) is 2.29. The zero-order valence-electron chi connectivity index (χ0n) is 14.3. The zero-order chi connectivity index (χ0) is 16.4. The summed E-state index contributed by atoms with van der Waals surface area (Å²) in [4.78, 5) is 16.2. The lowest BCUT2D eigenvalue weighted by Gasteiger charge is -2.17. The Morgan fingerprint density at radius 3 is 2.92 bits per heavy atom. The van der Waals surface area contributed by atoms with Gasteiger partial charge in [0.15, 0.2) is 0 Å². The van der Waals surface area contributed by atoms with Crippen LogP contribution >= 0.6 is 0 Å². The van der Waals surface area contributed by atoms with Crippen molar-refractivity contribution in [2.24, 2.45) is 0 Å². The predicted molar refractivity (Wildman–Crippen MR) is 95.2 cm³/mol. The number of aryl methyl sites for hydroxylation is 1. The summed E-state index contributed by atoms with van der Waals surface area (Å²) in [6.45, 7) is 5.35. The van der Waals surface area contributed by atoms with Gasteiger partial charge in [0.1, 0.15) is 11.6 Å². The third kappa shape index (κ3) is 3.90. The number of likely N-dealkylation sites (tertiary alicyclic amines) is 1. The third-order valence-electron chi connectivity index (χ3n) is 4.87. The highest BCUT2D eigenvalue weighted by Gasteiger charge is 2.27. The topological polar surface area (TPSA) is 53.9 Å². The van der Waals surface area contributed by atoms with Crippen molar-refractivity contribution >= 4 is 5.82 Å². The lowest BCUT2D eigenvalue weighted by molar-refractivity contribution is 0.339. The summed E-state index contributed by atoms with van der Waals surface area (Å²) >= 11 is 0. The third-order valence-corrected chi connectivity index (χ3v) is 4.87. The van der Waals surface area contributed by atoms with Gasteiger partial charge in [-0.05, 0) is 44.4 Å². The Kier molecular flexibility index (Phi) is 4.43. The minimum absolute atomic E-state index is 0.484. The maximum Gasteiger partial charge on any atom is 0.133 e. The summed E-state index contributed by atoms with van der Waals surface area (Å²) in [7, 11) is 0. The Labute approximate surface area is 143 Å². The predicted octanol–water partition coefficient (Wildman–Crippen LogP) is 2.79. The smallest absolute Gasteiger partial charge is 0.133 e. The van der Waals surface area contributed by atoms with Crippen LogP contribution in [0.5, 0.6) is 0 Å². The van der Waals surface area contributed by atoms with Crippen molar-refractivity contribution in [3.8, 4) is 0 Å². The van der Waals surface area contributed by atoms with Crippen molar-refractivity contribution in [1.82, 2.24) is 19.9 Å². The number of anilines is 1. The molecule has 5 heteroatoms. The molecule has 126 valence electrons. The Morgan fingerprint density at radius 1 is 1.17 bits per heavy atom. The van der Waals surface area contributed by atoms with Gasteiger partial charge in [0, 0.05) is 55.6 Å². The first-order valence-electron chi connectivity index (χ1n) is 9.00. The molecule has 2 aliphatic rings. The molecule has 2 aromatic heterocycles. The van der Waals surface area contributed by atoms with Crippen LogP contribution in [0.3, 0.4) is 0 Å². The number of pyridine rings is 1. The van der Waals surface area contributed by atoms with Crippen molar-refractivity contribution < 1.29 is 0 Å². The van der Waals surface area contributed by atoms with Gasteiger partial charge in [0.2, 0.25) is 0 Å². The molecule has 0 spiro atoms. The molecule has 1 aliphatic carbocycles. The van der Waals surface area contributed by atoms with Gasteiger partial charge in [-0.15, -0.1) is 0 Å². The molecule has 3 heterocycles. The lowest BCUT2D eigenvalue weighted by Crippen LogP contribution is -2.28. The minimum Gasteiger partial charge on any atom is -0.366 e. The second-order valence-corrected chi connectivity index (χ2v) is 7.03. The van der Waals surface area contributed by atoms with Gasteiger partial charge in [-0.3, -0.25) is 4.98 Å². The SMILES string of the molecule is Cc1cccc(CCN2CCC(Nc3ccnc(C4CC4)n3)C2)n1. The molecule has 1 saturated heterocycles. The van der Waals surface area contributed by atoms with Crippen LogP contribution in [0.4, 0.5) is 5.82 Å². The summed E-state index contributed by atoms with van der Waals surface area (Å²) in [6.07, 6.45) is 6.57. The Balaban J connectivity index is 1.28. The number of aromatic nitrogens is 3. The second-order valence-electron chi connectivity index (χ2n) is 7.03. The molecule has 24 heavy (non-hydrogen) atoms. The van der Waals surface area contributed by atoms with Crippen LogP contribution in [-0.2, 0) is 6.42 Å². The van der Waals surface area contributed by atoms with E-state index in [1.54, 1.807) is 0 Å². The van der Waals surface area contributed by atoms with E-state index in [1.165, 1.54) is 25.0 Å². The quantitative estimate of drug-likeness (QED) is 0.886. The highest BCUT2D eigenvalue weighted by atomic mass is 15.2. The van der Waals surface area contributed by atoms with Crippen molar-refractivity contribution in [1.29, 1.82) is 0 Å². The molecule has 0 amide bonds. The van der Waals surface area contributed by atoms with Gasteiger partial charge in [0.05, 0.1) is 0 Å². The first-order valence-corrected chi connectivity index (χ1v) is 9.00. The summed E-state index contributed by atoms with van der Waals surface area (Å²) < 4.78 is 0. The van der Waals surface area contributed by atoms with Gasteiger partial charge in [0.25, 0.3) is 0 Å². The van der Waals surface area contributed by atoms with E-state index in [2.05, 4.69) is 50.3 Å². The molecule has 4 rings (SSSR count). The van der Waals surface area contributed by atoms with Gasteiger partial charge in [-0.1, -0.05) is 6.07 Å². The van der Waals surface area contributed by atoms with E-state index in [0.717, 1.165) is 43.4 Å². The number of nitrogens with one attached hydrogen (secondary N) is 1. The molecule has 2 aromatic rings. The average molecular weight is 323 g/mol. The maximum absolute atomic E-state index is 4.68. The van der Waals surface area contributed by atoms with E-state index in [4.69, 9.17) is 0 Å². The molecule has 1 N–H and O–H groups in total. The number of rotatable bonds is 6. The van der Waals surface area contributed by atoms with Crippen LogP contribution < -0.4 is 5.32 Å². The fourth-order valence-electron chi connectivity index (χ4n) is 3.37. The van der Waals surface area contributed by atoms with E-state index < -0.39 is 0 Å². The van der Waals surface area contributed by atoms with Gasteiger partial charge >= 0.3 is 0 Å². The number of hydrogen-bond acceptors (Lipinski definition) is 5. The van der Waals surface area contributed by atoms with Crippen molar-refractivity contribution in [3.05, 3.63) is 47.7 Å². The van der Waals surface area contributed by atoms with Crippen LogP contribution in [0.2, 0.25) is 0 Å². The first kappa shape index (κ1) is 15.5. The largest absolute Gasteiger partial charge is 0.366 e. The standard InChI is InChI=1S/C19H25N5/c1-14-3-2-4-16(21-14)8-11-24-12-9-17(13-24)22-18-7-10-20-19(23-18)15-5-6-15/h2-4,7,10,15,17H,5-6,8-9,11-13H2,1H3,(H,20,22,23). The van der Waals surface area contributed by atoms with Crippen molar-refractivity contribution in [2.75, 3.05) is 25.0 Å². The molecular weight excluding hydrogens is 298 g/mol. The fourth-order valence-corrected chi connectivity index (χ4v) is 3.37. The van der Waals surface area contributed by atoms with E-state index in [-0.39, 0.29) is 0 Å². The highest BCUT2D eigenvalue weighted by Crippen LogP contribution is 2.38. The summed E-state index contributed by atoms with van der Waals surface area (Å²) in [5, 5.41) is 3.59. The fraction of sp³-hybridized carbons (Fsp3) is 0.526. The molecule has 0 aromatic carbocycles. The maximum atomic E-state index is 4.68. The van der Waals surface area contributed by atoms with Crippen LogP contribution in [0.15, 0.2) is 30.5 Å². The number of nitrogens with zero attached hydrogens (tertiary/aromatic N) is 4. The number of hydrogen-bond donors (Lipinski definition) is 1. The van der Waals surface area contributed by atoms with Gasteiger partial charge in [-0.2, -0.15) is 0 Å². The lowest BCUT2D eigenvalue weighted by atomic mass is 10.2. The van der Waals surface area contributed by atoms with Crippen LogP contribution in [-0.4, -0.2) is 45.5 Å². The molecule has 2 fully saturated rings. The normalized spacial score (nSPS) is 21.1. The Hall–Kier alpha value is -2.01. The zero-order valence-corrected chi connectivity index (χ0v) is 14.3. The van der Waals surface area contributed by atoms with Crippen molar-refractivity contribution in [2.45, 2.75) is 44.6 Å². The minimum atomic E-state index is 0.484. The monoisotopic (exact) mass is 323 g/mol. The van der Waals surface area contributed by atoms with Crippen LogP contribution in [0, 0.1) is 6.92 Å². The van der Waals surface area contributed by atoms with Crippen LogP contribution in [0.25, 0.3) is 0 Å². The molecule has 0 bridgehead atoms. The average Bonchev–Trinajstić information content (AvgIpc) is 3.35. The molecular formula is C19H25N5. The van der Waals surface area contributed by atoms with Crippen molar-refractivity contribution in [3.63, 3.8) is 0 Å². The molecule has 1 saturated carbocycles. The van der Waals surface area contributed by atoms with Crippen LogP contribution in [0.1, 0.15) is 42.4 Å². The highest BCUT2D eigenvalue weighted by molar-refractivity contribution is 5.35. The molecule has 0 radical (unpaired) electrons. The van der Waals surface area contributed by atoms with E-state index in [0.29, 0.717) is 12.0 Å². The van der Waals surface area contributed by atoms with E-state index in [1.807, 2.05) is 12.3 Å². The second kappa shape index (κ2) is 6.85.